The lowest BCUT2D eigenvalue weighted by Gasteiger charge is -2.36. The Morgan fingerprint density at radius 2 is 1.64 bits per heavy atom. The van der Waals surface area contributed by atoms with Gasteiger partial charge in [0.1, 0.15) is 11.5 Å². The molecule has 9 heteroatoms. The normalized spacial score (nSPS) is 16.4. The molecule has 1 aliphatic rings. The van der Waals surface area contributed by atoms with E-state index in [0.717, 1.165) is 50.6 Å². The first kappa shape index (κ1) is 40.2. The van der Waals surface area contributed by atoms with Gasteiger partial charge in [-0.15, -0.1) is 0 Å². The van der Waals surface area contributed by atoms with Crippen molar-refractivity contribution in [1.29, 1.82) is 0 Å². The number of phenolic OH excluding ortho intramolecular Hbond substituents is 3. The summed E-state index contributed by atoms with van der Waals surface area (Å²) in [5, 5.41) is 50.2. The number of Topliss-reactive ketones (excluding diaryl/α,β-unsaturated/α-hetero) is 1. The molecule has 0 fully saturated rings. The molecule has 58 heavy (non-hydrogen) atoms. The number of aromatic hydroxyl groups is 3. The highest BCUT2D eigenvalue weighted by atomic mass is 16.5. The number of methoxy groups -OCH3 is 2. The van der Waals surface area contributed by atoms with Crippen molar-refractivity contribution >= 4 is 16.6 Å². The monoisotopic (exact) mass is 780 g/mol. The minimum absolute atomic E-state index is 0.00909. The third kappa shape index (κ3) is 8.19. The molecule has 300 valence electrons. The van der Waals surface area contributed by atoms with Gasteiger partial charge in [-0.05, 0) is 118 Å². The lowest BCUT2D eigenvalue weighted by Crippen LogP contribution is -2.33. The summed E-state index contributed by atoms with van der Waals surface area (Å²) in [4.78, 5) is 17.9. The second-order valence-electron chi connectivity index (χ2n) is 15.3. The van der Waals surface area contributed by atoms with Gasteiger partial charge in [0, 0.05) is 48.7 Å². The molecule has 9 nitrogen and oxygen atoms in total. The number of carbonyl (C=O) groups excluding carboxylic acids is 1. The van der Waals surface area contributed by atoms with Gasteiger partial charge in [0.2, 0.25) is 0 Å². The summed E-state index contributed by atoms with van der Waals surface area (Å²) in [5.41, 5.74) is 7.29. The van der Waals surface area contributed by atoms with Crippen LogP contribution in [0, 0.1) is 5.92 Å². The Morgan fingerprint density at radius 3 is 2.38 bits per heavy atom. The quantitative estimate of drug-likeness (QED) is 0.0537. The maximum absolute atomic E-state index is 14.8. The number of H-pyrrole nitrogens is 1. The molecule has 0 unspecified atom stereocenters. The Labute approximate surface area is 339 Å². The Balaban J connectivity index is 1.30. The molecule has 1 aromatic heterocycles. The number of aromatic nitrogens is 1. The number of fused-ring (bicyclic) bond motifs is 2. The van der Waals surface area contributed by atoms with Crippen LogP contribution in [0.25, 0.3) is 10.8 Å². The highest BCUT2D eigenvalue weighted by molar-refractivity contribution is 5.89. The molecule has 0 amide bonds. The number of aryl methyl sites for hydroxylation is 1. The number of nitrogens with one attached hydrogen (secondary N) is 2. The first-order chi connectivity index (χ1) is 28.1. The molecule has 0 aliphatic heterocycles. The van der Waals surface area contributed by atoms with Crippen LogP contribution < -0.4 is 14.8 Å². The number of rotatable bonds is 16. The molecule has 5 aromatic carbocycles. The van der Waals surface area contributed by atoms with Crippen molar-refractivity contribution in [2.75, 3.05) is 21.3 Å². The third-order valence-electron chi connectivity index (χ3n) is 11.7. The van der Waals surface area contributed by atoms with Gasteiger partial charge >= 0.3 is 0 Å². The summed E-state index contributed by atoms with van der Waals surface area (Å²) in [6.07, 6.45) is 8.38. The molecule has 6 N–H and O–H groups in total. The van der Waals surface area contributed by atoms with E-state index < -0.39 is 17.9 Å². The van der Waals surface area contributed by atoms with Crippen LogP contribution in [0.1, 0.15) is 75.6 Å². The van der Waals surface area contributed by atoms with Crippen molar-refractivity contribution in [2.45, 2.75) is 63.0 Å². The van der Waals surface area contributed by atoms with Crippen molar-refractivity contribution in [3.63, 3.8) is 0 Å². The van der Waals surface area contributed by atoms with E-state index in [1.54, 1.807) is 43.5 Å². The van der Waals surface area contributed by atoms with Crippen molar-refractivity contribution < 1.29 is 34.7 Å². The molecular formula is C49H52N2O7. The smallest absolute Gasteiger partial charge is 0.164 e. The van der Waals surface area contributed by atoms with Crippen LogP contribution in [0.5, 0.6) is 28.7 Å². The zero-order valence-corrected chi connectivity index (χ0v) is 33.4. The first-order valence-electron chi connectivity index (χ1n) is 19.9. The van der Waals surface area contributed by atoms with Crippen LogP contribution in [-0.4, -0.2) is 58.6 Å². The number of carbonyl (C=O) groups is 1. The van der Waals surface area contributed by atoms with Crippen LogP contribution in [0.4, 0.5) is 0 Å². The van der Waals surface area contributed by atoms with Gasteiger partial charge in [-0.1, -0.05) is 73.7 Å². The second-order valence-corrected chi connectivity index (χ2v) is 15.3. The SMILES string of the molecule is CCc1ccc2ccccc2c1[C@@H]1C=C[C@@H]([C@H](Cc2cc[nH]c2)[C@H](O)CC(=O)[C@H](Cc2ccc(O)c(OC)c2)c2cc(O)cc(CNC)c2)c2ccc(O)c(OC)c21. The first-order valence-corrected chi connectivity index (χ1v) is 19.9. The lowest BCUT2D eigenvalue weighted by molar-refractivity contribution is -0.123. The Morgan fingerprint density at radius 1 is 0.828 bits per heavy atom. The fourth-order valence-electron chi connectivity index (χ4n) is 8.96. The molecule has 1 aliphatic carbocycles. The molecule has 0 spiro atoms. The Hall–Kier alpha value is -6.03. The van der Waals surface area contributed by atoms with Crippen LogP contribution >= 0.6 is 0 Å². The molecule has 7 rings (SSSR count). The Bertz CT molecular complexity index is 2420. The average molecular weight is 781 g/mol. The number of aromatic amines is 1. The predicted molar refractivity (Wildman–Crippen MR) is 227 cm³/mol. The minimum atomic E-state index is -1.09. The molecule has 6 aromatic rings. The number of hydrogen-bond acceptors (Lipinski definition) is 8. The van der Waals surface area contributed by atoms with Gasteiger partial charge in [0.15, 0.2) is 23.0 Å². The van der Waals surface area contributed by atoms with Crippen LogP contribution in [0.15, 0.2) is 116 Å². The summed E-state index contributed by atoms with van der Waals surface area (Å²) >= 11 is 0. The van der Waals surface area contributed by atoms with Crippen molar-refractivity contribution in [3.05, 3.63) is 160 Å². The average Bonchev–Trinajstić information content (AvgIpc) is 3.75. The van der Waals surface area contributed by atoms with Crippen molar-refractivity contribution in [2.24, 2.45) is 5.92 Å². The summed E-state index contributed by atoms with van der Waals surface area (Å²) in [6.45, 7) is 2.64. The van der Waals surface area contributed by atoms with E-state index in [9.17, 15) is 25.2 Å². The predicted octanol–water partition coefficient (Wildman–Crippen LogP) is 8.57. The number of phenols is 3. The van der Waals surface area contributed by atoms with Gasteiger partial charge in [-0.2, -0.15) is 0 Å². The number of ketones is 1. The van der Waals surface area contributed by atoms with Crippen molar-refractivity contribution in [1.82, 2.24) is 10.3 Å². The second kappa shape index (κ2) is 17.6. The van der Waals surface area contributed by atoms with Gasteiger partial charge in [0.05, 0.1) is 20.3 Å². The molecule has 0 bridgehead atoms. The standard InChI is InChI=1S/C49H52N2O7/c1-5-32-11-12-33-8-6-7-9-36(33)47(32)39-14-13-37(38-15-17-43(54)49(58-4)48(38)39)41(23-30-18-19-51-28-30)45(56)26-44(55)40(22-29-10-16-42(53)46(24-29)57-3)34-20-31(27-50-2)21-35(52)25-34/h6-21,24-25,28,37,39-41,45,50-54,56H,5,22-23,26-27H2,1-4H3/t37-,39+,40-,41+,45-/m1/s1. The zero-order chi connectivity index (χ0) is 40.9. The molecule has 1 heterocycles. The van der Waals surface area contributed by atoms with Gasteiger partial charge in [-0.25, -0.2) is 0 Å². The van der Waals surface area contributed by atoms with Crippen LogP contribution in [0.2, 0.25) is 0 Å². The summed E-state index contributed by atoms with van der Waals surface area (Å²) in [5.74, 6) is -1.21. The minimum Gasteiger partial charge on any atom is -0.508 e. The van der Waals surface area contributed by atoms with E-state index in [-0.39, 0.29) is 47.7 Å². The van der Waals surface area contributed by atoms with E-state index >= 15 is 0 Å². The van der Waals surface area contributed by atoms with Crippen LogP contribution in [-0.2, 0) is 30.6 Å². The van der Waals surface area contributed by atoms with E-state index in [0.29, 0.717) is 30.0 Å². The maximum Gasteiger partial charge on any atom is 0.164 e. The molecule has 0 radical (unpaired) electrons. The third-order valence-corrected chi connectivity index (χ3v) is 11.7. The van der Waals surface area contributed by atoms with Crippen LogP contribution in [0.3, 0.4) is 0 Å². The number of hydrogen-bond donors (Lipinski definition) is 6. The van der Waals surface area contributed by atoms with Gasteiger partial charge in [-0.3, -0.25) is 4.79 Å². The Kier molecular flexibility index (Phi) is 12.2. The zero-order valence-electron chi connectivity index (χ0n) is 33.4. The van der Waals surface area contributed by atoms with Gasteiger partial charge < -0.3 is 40.2 Å². The molecular weight excluding hydrogens is 729 g/mol. The maximum atomic E-state index is 14.8. The summed E-state index contributed by atoms with van der Waals surface area (Å²) in [7, 11) is 4.86. The molecule has 5 atom stereocenters. The van der Waals surface area contributed by atoms with Crippen molar-refractivity contribution in [3.8, 4) is 28.7 Å². The fraction of sp³-hybridized carbons (Fsp3) is 0.286. The largest absolute Gasteiger partial charge is 0.508 e. The summed E-state index contributed by atoms with van der Waals surface area (Å²) < 4.78 is 11.4. The highest BCUT2D eigenvalue weighted by Crippen LogP contribution is 2.51. The number of allylic oxidation sites excluding steroid dienone is 2. The van der Waals surface area contributed by atoms with E-state index in [2.05, 4.69) is 53.6 Å². The topological polar surface area (TPSA) is 144 Å². The molecule has 0 saturated carbocycles. The lowest BCUT2D eigenvalue weighted by atomic mass is 9.69. The number of ether oxygens (including phenoxy) is 2. The van der Waals surface area contributed by atoms with E-state index in [4.69, 9.17) is 9.47 Å². The number of benzene rings is 5. The fourth-order valence-corrected chi connectivity index (χ4v) is 8.96. The van der Waals surface area contributed by atoms with E-state index in [1.807, 2.05) is 49.8 Å². The molecule has 0 saturated heterocycles. The number of aliphatic hydroxyl groups is 1. The highest BCUT2D eigenvalue weighted by Gasteiger charge is 2.38. The number of aliphatic hydroxyl groups excluding tert-OH is 1. The van der Waals surface area contributed by atoms with E-state index in [1.165, 1.54) is 12.7 Å². The van der Waals surface area contributed by atoms with Gasteiger partial charge in [0.25, 0.3) is 0 Å². The summed E-state index contributed by atoms with van der Waals surface area (Å²) in [6, 6.07) is 28.4.